The topological polar surface area (TPSA) is 53.7 Å². The highest BCUT2D eigenvalue weighted by Crippen LogP contribution is 2.41. The van der Waals surface area contributed by atoms with Gasteiger partial charge in [-0.3, -0.25) is 4.79 Å². The van der Waals surface area contributed by atoms with Gasteiger partial charge in [0.05, 0.1) is 5.60 Å². The fourth-order valence-electron chi connectivity index (χ4n) is 3.46. The van der Waals surface area contributed by atoms with Gasteiger partial charge < -0.3 is 14.4 Å². The van der Waals surface area contributed by atoms with E-state index in [1.54, 1.807) is 6.07 Å². The summed E-state index contributed by atoms with van der Waals surface area (Å²) in [6, 6.07) is 3.60. The molecule has 2 fully saturated rings. The van der Waals surface area contributed by atoms with Crippen molar-refractivity contribution in [1.82, 2.24) is 0 Å². The lowest BCUT2D eigenvalue weighted by molar-refractivity contribution is -0.0617. The Morgan fingerprint density at radius 2 is 2.26 bits per heavy atom. The number of rotatable bonds is 2. The number of hydrogen-bond acceptors (Lipinski definition) is 4. The highest BCUT2D eigenvalue weighted by molar-refractivity contribution is 5.91. The zero-order valence-electron chi connectivity index (χ0n) is 11.4. The second-order valence-corrected chi connectivity index (χ2v) is 5.94. The number of Topliss-reactive ketones (excluding diaryl/α,β-unsaturated/α-hetero) is 1. The summed E-state index contributed by atoms with van der Waals surface area (Å²) in [5, 5.41) is 10.6. The van der Waals surface area contributed by atoms with Gasteiger partial charge in [-0.1, -0.05) is 12.8 Å². The van der Waals surface area contributed by atoms with Crippen LogP contribution in [0, 0.1) is 5.92 Å². The minimum Gasteiger partial charge on any atom is -0.437 e. The van der Waals surface area contributed by atoms with E-state index >= 15 is 0 Å². The zero-order chi connectivity index (χ0) is 13.5. The van der Waals surface area contributed by atoms with Crippen molar-refractivity contribution < 1.29 is 14.3 Å². The number of anilines is 1. The maximum absolute atomic E-state index is 11.3. The molecular weight excluding hydrogens is 242 g/mol. The lowest BCUT2D eigenvalue weighted by Crippen LogP contribution is -2.53. The van der Waals surface area contributed by atoms with Crippen LogP contribution in [-0.4, -0.2) is 29.6 Å². The summed E-state index contributed by atoms with van der Waals surface area (Å²) in [6.07, 6.45) is 5.17. The lowest BCUT2D eigenvalue weighted by Gasteiger charge is -2.47. The summed E-state index contributed by atoms with van der Waals surface area (Å²) in [4.78, 5) is 13.4. The quantitative estimate of drug-likeness (QED) is 0.833. The molecule has 2 heterocycles. The van der Waals surface area contributed by atoms with Crippen molar-refractivity contribution in [3.63, 3.8) is 0 Å². The van der Waals surface area contributed by atoms with Crippen LogP contribution in [0.1, 0.15) is 49.6 Å². The summed E-state index contributed by atoms with van der Waals surface area (Å²) >= 11 is 0. The maximum atomic E-state index is 11.3. The van der Waals surface area contributed by atoms with Crippen molar-refractivity contribution >= 4 is 11.7 Å². The molecule has 1 saturated carbocycles. The Balaban J connectivity index is 1.75. The van der Waals surface area contributed by atoms with Gasteiger partial charge in [-0.15, -0.1) is 0 Å². The van der Waals surface area contributed by atoms with E-state index in [9.17, 15) is 9.90 Å². The molecule has 19 heavy (non-hydrogen) atoms. The summed E-state index contributed by atoms with van der Waals surface area (Å²) in [5.41, 5.74) is -0.468. The van der Waals surface area contributed by atoms with E-state index in [1.807, 2.05) is 6.07 Å². The molecule has 0 radical (unpaired) electrons. The number of carbonyl (C=O) groups is 1. The molecule has 2 aliphatic rings. The molecule has 1 saturated heterocycles. The van der Waals surface area contributed by atoms with Crippen LogP contribution in [0.15, 0.2) is 16.5 Å². The molecule has 1 aliphatic heterocycles. The monoisotopic (exact) mass is 263 g/mol. The molecule has 0 spiro atoms. The van der Waals surface area contributed by atoms with E-state index in [4.69, 9.17) is 4.42 Å². The van der Waals surface area contributed by atoms with Crippen LogP contribution in [0.3, 0.4) is 0 Å². The van der Waals surface area contributed by atoms with Gasteiger partial charge in [0.2, 0.25) is 0 Å². The largest absolute Gasteiger partial charge is 0.437 e. The van der Waals surface area contributed by atoms with Crippen molar-refractivity contribution in [2.75, 3.05) is 18.0 Å². The minimum atomic E-state index is -0.468. The van der Waals surface area contributed by atoms with Crippen molar-refractivity contribution in [2.45, 2.75) is 44.6 Å². The van der Waals surface area contributed by atoms with Crippen molar-refractivity contribution in [2.24, 2.45) is 5.92 Å². The van der Waals surface area contributed by atoms with Crippen LogP contribution in [0.5, 0.6) is 0 Å². The zero-order valence-corrected chi connectivity index (χ0v) is 11.4. The Hall–Kier alpha value is -1.29. The first-order valence-corrected chi connectivity index (χ1v) is 7.17. The van der Waals surface area contributed by atoms with Crippen LogP contribution in [-0.2, 0) is 0 Å². The normalized spacial score (nSPS) is 31.1. The summed E-state index contributed by atoms with van der Waals surface area (Å²) in [7, 11) is 0. The van der Waals surface area contributed by atoms with Crippen LogP contribution >= 0.6 is 0 Å². The average molecular weight is 263 g/mol. The molecule has 0 aromatic carbocycles. The third-order valence-electron chi connectivity index (χ3n) is 4.68. The number of hydrogen-bond donors (Lipinski definition) is 1. The Morgan fingerprint density at radius 3 is 3.00 bits per heavy atom. The van der Waals surface area contributed by atoms with Gasteiger partial charge in [0, 0.05) is 32.0 Å². The highest BCUT2D eigenvalue weighted by atomic mass is 16.4. The number of piperidine rings is 1. The number of aliphatic hydroxyl groups is 1. The summed E-state index contributed by atoms with van der Waals surface area (Å²) in [5.74, 6) is 1.47. The molecule has 1 N–H and O–H groups in total. The van der Waals surface area contributed by atoms with E-state index < -0.39 is 5.60 Å². The van der Waals surface area contributed by atoms with E-state index in [0.29, 0.717) is 11.7 Å². The minimum absolute atomic E-state index is 0.0440. The Morgan fingerprint density at radius 1 is 1.42 bits per heavy atom. The Kier molecular flexibility index (Phi) is 3.13. The second kappa shape index (κ2) is 4.67. The fraction of sp³-hybridized carbons (Fsp3) is 0.667. The number of ketones is 1. The van der Waals surface area contributed by atoms with Gasteiger partial charge in [0.25, 0.3) is 0 Å². The van der Waals surface area contributed by atoms with Gasteiger partial charge in [-0.2, -0.15) is 0 Å². The molecule has 1 aromatic rings. The smallest absolute Gasteiger partial charge is 0.196 e. The van der Waals surface area contributed by atoms with E-state index in [0.717, 1.165) is 44.7 Å². The van der Waals surface area contributed by atoms with Crippen LogP contribution in [0.4, 0.5) is 5.88 Å². The van der Waals surface area contributed by atoms with Crippen molar-refractivity contribution in [3.05, 3.63) is 17.9 Å². The average Bonchev–Trinajstić information content (AvgIpc) is 2.87. The molecule has 3 rings (SSSR count). The molecular formula is C15H21NO3. The standard InChI is InChI=1S/C15H21NO3/c1-11(17)13-5-6-14(19-13)16-9-8-15(18)7-3-2-4-12(15)10-16/h5-6,12,18H,2-4,7-10H2,1H3. The molecule has 4 heteroatoms. The van der Waals surface area contributed by atoms with Crippen molar-refractivity contribution in [3.8, 4) is 0 Å². The van der Waals surface area contributed by atoms with Crippen LogP contribution < -0.4 is 4.90 Å². The fourth-order valence-corrected chi connectivity index (χ4v) is 3.46. The number of fused-ring (bicyclic) bond motifs is 1. The predicted octanol–water partition coefficient (Wildman–Crippen LogP) is 2.61. The van der Waals surface area contributed by atoms with Crippen molar-refractivity contribution in [1.29, 1.82) is 0 Å². The third-order valence-corrected chi connectivity index (χ3v) is 4.68. The van der Waals surface area contributed by atoms with Crippen LogP contribution in [0.2, 0.25) is 0 Å². The second-order valence-electron chi connectivity index (χ2n) is 5.94. The molecule has 104 valence electrons. The molecule has 1 aliphatic carbocycles. The molecule has 4 nitrogen and oxygen atoms in total. The third kappa shape index (κ3) is 2.29. The number of carbonyl (C=O) groups excluding carboxylic acids is 1. The summed E-state index contributed by atoms with van der Waals surface area (Å²) in [6.45, 7) is 3.15. The van der Waals surface area contributed by atoms with E-state index in [2.05, 4.69) is 4.90 Å². The first-order valence-electron chi connectivity index (χ1n) is 7.17. The van der Waals surface area contributed by atoms with Gasteiger partial charge in [0.1, 0.15) is 0 Å². The Bertz CT molecular complexity index is 481. The molecule has 0 bridgehead atoms. The summed E-state index contributed by atoms with van der Waals surface area (Å²) < 4.78 is 5.59. The molecule has 0 amide bonds. The first-order chi connectivity index (χ1) is 9.08. The highest BCUT2D eigenvalue weighted by Gasteiger charge is 2.43. The van der Waals surface area contributed by atoms with Gasteiger partial charge in [-0.05, 0) is 25.3 Å². The van der Waals surface area contributed by atoms with Gasteiger partial charge >= 0.3 is 0 Å². The van der Waals surface area contributed by atoms with Gasteiger partial charge in [0.15, 0.2) is 17.4 Å². The SMILES string of the molecule is CC(=O)c1ccc(N2CCC3(O)CCCCC3C2)o1. The number of furan rings is 1. The molecule has 2 unspecified atom stereocenters. The van der Waals surface area contributed by atoms with Crippen LogP contribution in [0.25, 0.3) is 0 Å². The lowest BCUT2D eigenvalue weighted by atomic mass is 9.71. The predicted molar refractivity (Wildman–Crippen MR) is 72.5 cm³/mol. The van der Waals surface area contributed by atoms with E-state index in [1.165, 1.54) is 13.3 Å². The first kappa shape index (κ1) is 12.7. The van der Waals surface area contributed by atoms with Gasteiger partial charge in [-0.25, -0.2) is 0 Å². The maximum Gasteiger partial charge on any atom is 0.196 e. The molecule has 1 aromatic heterocycles. The van der Waals surface area contributed by atoms with E-state index in [-0.39, 0.29) is 5.78 Å². The number of nitrogens with zero attached hydrogens (tertiary/aromatic N) is 1. The Labute approximate surface area is 113 Å². The molecule has 2 atom stereocenters.